The Labute approximate surface area is 160 Å². The Hall–Kier alpha value is -3.38. The molecular formula is C20H15ClN2O4. The third-order valence-corrected chi connectivity index (χ3v) is 4.00. The first kappa shape index (κ1) is 18.4. The van der Waals surface area contributed by atoms with Gasteiger partial charge in [0.05, 0.1) is 4.92 Å². The summed E-state index contributed by atoms with van der Waals surface area (Å²) < 4.78 is 5.69. The van der Waals surface area contributed by atoms with Gasteiger partial charge in [0.2, 0.25) is 0 Å². The van der Waals surface area contributed by atoms with E-state index in [0.717, 1.165) is 5.56 Å². The number of carbonyl (C=O) groups excluding carboxylic acids is 1. The molecule has 0 aliphatic carbocycles. The van der Waals surface area contributed by atoms with Gasteiger partial charge in [-0.3, -0.25) is 14.9 Å². The van der Waals surface area contributed by atoms with Crippen molar-refractivity contribution in [3.05, 3.63) is 99.1 Å². The molecule has 0 spiro atoms. The highest BCUT2D eigenvalue weighted by Crippen LogP contribution is 2.19. The number of hydrogen-bond donors (Lipinski definition) is 1. The molecule has 0 fully saturated rings. The Morgan fingerprint density at radius 2 is 1.74 bits per heavy atom. The maximum absolute atomic E-state index is 12.2. The van der Waals surface area contributed by atoms with Crippen molar-refractivity contribution in [1.29, 1.82) is 0 Å². The van der Waals surface area contributed by atoms with E-state index < -0.39 is 10.8 Å². The van der Waals surface area contributed by atoms with E-state index in [2.05, 4.69) is 5.32 Å². The fourth-order valence-corrected chi connectivity index (χ4v) is 2.47. The van der Waals surface area contributed by atoms with E-state index >= 15 is 0 Å². The normalized spacial score (nSPS) is 10.3. The highest BCUT2D eigenvalue weighted by atomic mass is 35.5. The number of benzene rings is 3. The zero-order valence-electron chi connectivity index (χ0n) is 14.1. The number of hydrogen-bond acceptors (Lipinski definition) is 4. The maximum atomic E-state index is 12.2. The molecule has 0 aliphatic rings. The summed E-state index contributed by atoms with van der Waals surface area (Å²) in [5.74, 6) is 0.229. The summed E-state index contributed by atoms with van der Waals surface area (Å²) in [5.41, 5.74) is 1.63. The van der Waals surface area contributed by atoms with E-state index in [4.69, 9.17) is 16.3 Å². The number of amides is 1. The summed E-state index contributed by atoms with van der Waals surface area (Å²) in [4.78, 5) is 22.5. The van der Waals surface area contributed by atoms with Crippen LogP contribution in [0, 0.1) is 10.1 Å². The molecule has 1 amide bonds. The van der Waals surface area contributed by atoms with Gasteiger partial charge in [-0.1, -0.05) is 29.8 Å². The second-order valence-corrected chi connectivity index (χ2v) is 6.14. The van der Waals surface area contributed by atoms with Crippen molar-refractivity contribution in [2.45, 2.75) is 6.61 Å². The van der Waals surface area contributed by atoms with E-state index in [0.29, 0.717) is 23.1 Å². The molecule has 0 saturated heterocycles. The molecule has 1 N–H and O–H groups in total. The Bertz CT molecular complexity index is 956. The minimum absolute atomic E-state index is 0.131. The lowest BCUT2D eigenvalue weighted by Gasteiger charge is -2.09. The van der Waals surface area contributed by atoms with Gasteiger partial charge in [0, 0.05) is 28.4 Å². The van der Waals surface area contributed by atoms with Gasteiger partial charge >= 0.3 is 0 Å². The van der Waals surface area contributed by atoms with Crippen molar-refractivity contribution in [2.24, 2.45) is 0 Å². The predicted molar refractivity (Wildman–Crippen MR) is 103 cm³/mol. The number of nitro groups is 1. The Balaban J connectivity index is 1.60. The Morgan fingerprint density at radius 3 is 2.41 bits per heavy atom. The second-order valence-electron chi connectivity index (χ2n) is 5.70. The number of nitrogens with one attached hydrogen (secondary N) is 1. The predicted octanol–water partition coefficient (Wildman–Crippen LogP) is 5.08. The number of anilines is 1. The standard InChI is InChI=1S/C20H15ClN2O4/c21-16-6-4-14(5-7-16)13-27-19-10-8-17(9-11-19)22-20(24)15-2-1-3-18(12-15)23(25)26/h1-12H,13H2,(H,22,24). The van der Waals surface area contributed by atoms with Gasteiger partial charge in [-0.2, -0.15) is 0 Å². The summed E-state index contributed by atoms with van der Waals surface area (Å²) in [7, 11) is 0. The number of nitro benzene ring substituents is 1. The van der Waals surface area contributed by atoms with E-state index in [1.165, 1.54) is 24.3 Å². The fraction of sp³-hybridized carbons (Fsp3) is 0.0500. The number of ether oxygens (including phenoxy) is 1. The third kappa shape index (κ3) is 5.05. The van der Waals surface area contributed by atoms with Crippen LogP contribution in [-0.4, -0.2) is 10.8 Å². The summed E-state index contributed by atoms with van der Waals surface area (Å²) in [6.45, 7) is 0.399. The summed E-state index contributed by atoms with van der Waals surface area (Å²) in [6.07, 6.45) is 0. The maximum Gasteiger partial charge on any atom is 0.270 e. The van der Waals surface area contributed by atoms with Gasteiger partial charge in [-0.05, 0) is 48.0 Å². The fourth-order valence-electron chi connectivity index (χ4n) is 2.35. The van der Waals surface area contributed by atoms with Crippen molar-refractivity contribution in [2.75, 3.05) is 5.32 Å². The molecule has 0 saturated carbocycles. The first-order valence-corrected chi connectivity index (χ1v) is 8.42. The van der Waals surface area contributed by atoms with Crippen LogP contribution >= 0.6 is 11.6 Å². The van der Waals surface area contributed by atoms with Crippen molar-refractivity contribution >= 4 is 28.9 Å². The molecule has 0 aromatic heterocycles. The number of halogens is 1. The summed E-state index contributed by atoms with van der Waals surface area (Å²) in [5, 5.41) is 14.2. The molecule has 3 aromatic carbocycles. The van der Waals surface area contributed by atoms with Crippen LogP contribution in [0.4, 0.5) is 11.4 Å². The average molecular weight is 383 g/mol. The van der Waals surface area contributed by atoms with Crippen LogP contribution in [0.5, 0.6) is 5.75 Å². The summed E-state index contributed by atoms with van der Waals surface area (Å²) in [6, 6.07) is 19.8. The van der Waals surface area contributed by atoms with Crippen LogP contribution in [0.2, 0.25) is 5.02 Å². The van der Waals surface area contributed by atoms with Crippen LogP contribution in [0.3, 0.4) is 0 Å². The van der Waals surface area contributed by atoms with Crippen molar-refractivity contribution in [3.8, 4) is 5.75 Å². The quantitative estimate of drug-likeness (QED) is 0.476. The van der Waals surface area contributed by atoms with Crippen molar-refractivity contribution in [1.82, 2.24) is 0 Å². The highest BCUT2D eigenvalue weighted by molar-refractivity contribution is 6.30. The lowest BCUT2D eigenvalue weighted by atomic mass is 10.2. The monoisotopic (exact) mass is 382 g/mol. The SMILES string of the molecule is O=C(Nc1ccc(OCc2ccc(Cl)cc2)cc1)c1cccc([N+](=O)[O-])c1. The van der Waals surface area contributed by atoms with Crippen LogP contribution in [0.25, 0.3) is 0 Å². The molecule has 27 heavy (non-hydrogen) atoms. The largest absolute Gasteiger partial charge is 0.489 e. The Kier molecular flexibility index (Phi) is 5.68. The number of nitrogens with zero attached hydrogens (tertiary/aromatic N) is 1. The molecule has 3 aromatic rings. The molecule has 136 valence electrons. The first-order valence-electron chi connectivity index (χ1n) is 8.04. The lowest BCUT2D eigenvalue weighted by molar-refractivity contribution is -0.384. The number of carbonyl (C=O) groups is 1. The van der Waals surface area contributed by atoms with Crippen LogP contribution in [0.15, 0.2) is 72.8 Å². The van der Waals surface area contributed by atoms with Crippen LogP contribution in [-0.2, 0) is 6.61 Å². The van der Waals surface area contributed by atoms with Crippen LogP contribution in [0.1, 0.15) is 15.9 Å². The molecule has 0 aliphatic heterocycles. The van der Waals surface area contributed by atoms with Gasteiger partial charge < -0.3 is 10.1 Å². The molecule has 0 bridgehead atoms. The van der Waals surface area contributed by atoms with Gasteiger partial charge in [-0.25, -0.2) is 0 Å². The molecule has 0 atom stereocenters. The van der Waals surface area contributed by atoms with Gasteiger partial charge in [0.25, 0.3) is 11.6 Å². The van der Waals surface area contributed by atoms with E-state index in [1.807, 2.05) is 12.1 Å². The zero-order chi connectivity index (χ0) is 19.2. The minimum atomic E-state index is -0.538. The van der Waals surface area contributed by atoms with E-state index in [9.17, 15) is 14.9 Å². The van der Waals surface area contributed by atoms with Gasteiger partial charge in [0.1, 0.15) is 12.4 Å². The van der Waals surface area contributed by atoms with Gasteiger partial charge in [-0.15, -0.1) is 0 Å². The molecular weight excluding hydrogens is 368 g/mol. The molecule has 3 rings (SSSR count). The molecule has 0 unspecified atom stereocenters. The molecule has 6 nitrogen and oxygen atoms in total. The smallest absolute Gasteiger partial charge is 0.270 e. The van der Waals surface area contributed by atoms with Crippen molar-refractivity contribution in [3.63, 3.8) is 0 Å². The van der Waals surface area contributed by atoms with Crippen molar-refractivity contribution < 1.29 is 14.5 Å². The van der Waals surface area contributed by atoms with Gasteiger partial charge in [0.15, 0.2) is 0 Å². The minimum Gasteiger partial charge on any atom is -0.489 e. The highest BCUT2D eigenvalue weighted by Gasteiger charge is 2.11. The molecule has 0 heterocycles. The van der Waals surface area contributed by atoms with Crippen LogP contribution < -0.4 is 10.1 Å². The zero-order valence-corrected chi connectivity index (χ0v) is 14.8. The average Bonchev–Trinajstić information content (AvgIpc) is 2.68. The van der Waals surface area contributed by atoms with E-state index in [-0.39, 0.29) is 11.3 Å². The number of rotatable bonds is 6. The summed E-state index contributed by atoms with van der Waals surface area (Å²) >= 11 is 5.85. The first-order chi connectivity index (χ1) is 13.0. The molecule has 0 radical (unpaired) electrons. The third-order valence-electron chi connectivity index (χ3n) is 3.75. The lowest BCUT2D eigenvalue weighted by Crippen LogP contribution is -2.12. The number of non-ortho nitro benzene ring substituents is 1. The molecule has 7 heteroatoms. The van der Waals surface area contributed by atoms with E-state index in [1.54, 1.807) is 36.4 Å². The topological polar surface area (TPSA) is 81.5 Å². The second kappa shape index (κ2) is 8.33. The Morgan fingerprint density at radius 1 is 1.04 bits per heavy atom.